The van der Waals surface area contributed by atoms with Crippen LogP contribution in [0, 0.1) is 0 Å². The third kappa shape index (κ3) is 9.10. The van der Waals surface area contributed by atoms with E-state index in [9.17, 15) is 4.21 Å². The highest BCUT2D eigenvalue weighted by Gasteiger charge is 2.02. The largest absolute Gasteiger partial charge is 0.356 e. The minimum atomic E-state index is -0.847. The number of guanidine groups is 1. The average molecular weight is 342 g/mol. The monoisotopic (exact) mass is 341 g/mol. The number of rotatable bonds is 10. The first-order valence-corrected chi connectivity index (χ1v) is 10.5. The smallest absolute Gasteiger partial charge is 0.191 e. The van der Waals surface area contributed by atoms with Gasteiger partial charge in [-0.15, -0.1) is 0 Å². The normalized spacial score (nSPS) is 12.9. The van der Waals surface area contributed by atoms with Gasteiger partial charge >= 0.3 is 0 Å². The molecule has 0 aromatic heterocycles. The summed E-state index contributed by atoms with van der Waals surface area (Å²) in [6.07, 6.45) is 4.48. The molecule has 22 heavy (non-hydrogen) atoms. The molecule has 1 atom stereocenters. The van der Waals surface area contributed by atoms with Crippen LogP contribution in [0.25, 0.3) is 0 Å². The highest BCUT2D eigenvalue weighted by molar-refractivity contribution is 7.98. The summed E-state index contributed by atoms with van der Waals surface area (Å²) in [6, 6.07) is 9.96. The Hall–Kier alpha value is -1.01. The zero-order valence-electron chi connectivity index (χ0n) is 13.5. The maximum atomic E-state index is 12.0. The van der Waals surface area contributed by atoms with Gasteiger partial charge in [0.05, 0.1) is 0 Å². The molecule has 0 aliphatic heterocycles. The second kappa shape index (κ2) is 12.5. The van der Waals surface area contributed by atoms with Crippen molar-refractivity contribution in [1.82, 2.24) is 10.6 Å². The summed E-state index contributed by atoms with van der Waals surface area (Å²) in [4.78, 5) is 4.18. The third-order valence-corrected chi connectivity index (χ3v) is 5.10. The maximum Gasteiger partial charge on any atom is 0.191 e. The molecule has 1 aromatic rings. The maximum absolute atomic E-state index is 12.0. The van der Waals surface area contributed by atoms with Gasteiger partial charge in [0.15, 0.2) is 5.96 Å². The molecular weight excluding hydrogens is 314 g/mol. The van der Waals surface area contributed by atoms with Crippen molar-refractivity contribution in [3.05, 3.63) is 35.9 Å². The lowest BCUT2D eigenvalue weighted by Gasteiger charge is -2.11. The van der Waals surface area contributed by atoms with Gasteiger partial charge in [0.25, 0.3) is 0 Å². The van der Waals surface area contributed by atoms with Gasteiger partial charge in [-0.05, 0) is 30.4 Å². The number of hydrogen-bond acceptors (Lipinski definition) is 3. The van der Waals surface area contributed by atoms with Gasteiger partial charge in [-0.2, -0.15) is 11.8 Å². The number of thioether (sulfide) groups is 1. The molecule has 0 aliphatic carbocycles. The van der Waals surface area contributed by atoms with Crippen LogP contribution in [0.2, 0.25) is 0 Å². The average Bonchev–Trinajstić information content (AvgIpc) is 2.54. The van der Waals surface area contributed by atoms with E-state index in [0.717, 1.165) is 24.5 Å². The Balaban J connectivity index is 2.14. The van der Waals surface area contributed by atoms with Gasteiger partial charge in [0.1, 0.15) is 0 Å². The van der Waals surface area contributed by atoms with Crippen LogP contribution in [0.4, 0.5) is 0 Å². The summed E-state index contributed by atoms with van der Waals surface area (Å²) in [6.45, 7) is 1.59. The minimum absolute atomic E-state index is 0.614. The summed E-state index contributed by atoms with van der Waals surface area (Å²) in [7, 11) is 0.915. The molecule has 4 nitrogen and oxygen atoms in total. The molecule has 0 saturated heterocycles. The lowest BCUT2D eigenvalue weighted by atomic mass is 10.2. The summed E-state index contributed by atoms with van der Waals surface area (Å²) < 4.78 is 12.0. The van der Waals surface area contributed by atoms with Crippen LogP contribution in [0.3, 0.4) is 0 Å². The van der Waals surface area contributed by atoms with Crippen LogP contribution in [-0.2, 0) is 16.6 Å². The van der Waals surface area contributed by atoms with Gasteiger partial charge in [-0.3, -0.25) is 9.20 Å². The zero-order chi connectivity index (χ0) is 16.0. The molecule has 0 aliphatic rings. The Labute approximate surface area is 141 Å². The Morgan fingerprint density at radius 3 is 2.59 bits per heavy atom. The molecule has 0 bridgehead atoms. The molecule has 1 unspecified atom stereocenters. The van der Waals surface area contributed by atoms with E-state index in [1.54, 1.807) is 7.05 Å². The van der Waals surface area contributed by atoms with Crippen LogP contribution in [0.5, 0.6) is 0 Å². The molecule has 0 amide bonds. The second-order valence-electron chi connectivity index (χ2n) is 4.90. The molecule has 0 saturated carbocycles. The van der Waals surface area contributed by atoms with Gasteiger partial charge in [-0.25, -0.2) is 0 Å². The summed E-state index contributed by atoms with van der Waals surface area (Å²) in [5, 5.41) is 6.50. The molecule has 0 fully saturated rings. The van der Waals surface area contributed by atoms with Crippen molar-refractivity contribution in [2.45, 2.75) is 18.6 Å². The van der Waals surface area contributed by atoms with Gasteiger partial charge in [0.2, 0.25) is 0 Å². The second-order valence-corrected chi connectivity index (χ2v) is 7.46. The van der Waals surface area contributed by atoms with E-state index in [-0.39, 0.29) is 0 Å². The molecule has 0 heterocycles. The van der Waals surface area contributed by atoms with Crippen molar-refractivity contribution in [1.29, 1.82) is 0 Å². The van der Waals surface area contributed by atoms with E-state index in [1.165, 1.54) is 12.2 Å². The van der Waals surface area contributed by atoms with E-state index >= 15 is 0 Å². The van der Waals surface area contributed by atoms with Crippen LogP contribution < -0.4 is 10.6 Å². The molecule has 1 rings (SSSR count). The highest BCUT2D eigenvalue weighted by atomic mass is 32.2. The van der Waals surface area contributed by atoms with Gasteiger partial charge in [-0.1, -0.05) is 30.3 Å². The Morgan fingerprint density at radius 2 is 1.91 bits per heavy atom. The van der Waals surface area contributed by atoms with Crippen molar-refractivity contribution in [2.75, 3.05) is 37.9 Å². The van der Waals surface area contributed by atoms with Crippen molar-refractivity contribution < 1.29 is 4.21 Å². The zero-order valence-corrected chi connectivity index (χ0v) is 15.1. The first-order chi connectivity index (χ1) is 10.8. The molecule has 1 aromatic carbocycles. The molecule has 6 heteroatoms. The fraction of sp³-hybridized carbons (Fsp3) is 0.562. The van der Waals surface area contributed by atoms with E-state index in [4.69, 9.17) is 0 Å². The number of benzene rings is 1. The third-order valence-electron chi connectivity index (χ3n) is 3.08. The summed E-state index contributed by atoms with van der Waals surface area (Å²) >= 11 is 1.88. The molecule has 0 spiro atoms. The van der Waals surface area contributed by atoms with Gasteiger partial charge in [0, 0.05) is 42.4 Å². The fourth-order valence-corrected chi connectivity index (χ4v) is 3.45. The first-order valence-electron chi connectivity index (χ1n) is 7.58. The Kier molecular flexibility index (Phi) is 10.8. The number of nitrogens with zero attached hydrogens (tertiary/aromatic N) is 1. The van der Waals surface area contributed by atoms with E-state index in [0.29, 0.717) is 18.1 Å². The predicted molar refractivity (Wildman–Crippen MR) is 100 cm³/mol. The van der Waals surface area contributed by atoms with Crippen LogP contribution in [-0.4, -0.2) is 48.1 Å². The van der Waals surface area contributed by atoms with Crippen LogP contribution >= 0.6 is 11.8 Å². The van der Waals surface area contributed by atoms with Crippen molar-refractivity contribution in [3.63, 3.8) is 0 Å². The number of hydrogen-bond donors (Lipinski definition) is 2. The van der Waals surface area contributed by atoms with Crippen molar-refractivity contribution >= 4 is 28.5 Å². The fourth-order valence-electron chi connectivity index (χ4n) is 1.91. The van der Waals surface area contributed by atoms with E-state index < -0.39 is 10.8 Å². The van der Waals surface area contributed by atoms with Crippen LogP contribution in [0.1, 0.15) is 18.4 Å². The molecule has 2 N–H and O–H groups in total. The van der Waals surface area contributed by atoms with E-state index in [2.05, 4.69) is 21.9 Å². The minimum Gasteiger partial charge on any atom is -0.356 e. The lowest BCUT2D eigenvalue weighted by molar-refractivity contribution is 0.680. The standard InChI is InChI=1S/C16H27N3OS2/c1-17-16(18-10-6-7-12-21-2)19-11-13-22(20)14-15-8-4-3-5-9-15/h3-5,8-9H,6-7,10-14H2,1-2H3,(H2,17,18,19). The molecule has 124 valence electrons. The van der Waals surface area contributed by atoms with Crippen molar-refractivity contribution in [2.24, 2.45) is 4.99 Å². The van der Waals surface area contributed by atoms with Crippen molar-refractivity contribution in [3.8, 4) is 0 Å². The highest BCUT2D eigenvalue weighted by Crippen LogP contribution is 2.02. The topological polar surface area (TPSA) is 53.5 Å². The summed E-state index contributed by atoms with van der Waals surface area (Å²) in [5.74, 6) is 3.23. The number of nitrogens with one attached hydrogen (secondary N) is 2. The molecule has 0 radical (unpaired) electrons. The lowest BCUT2D eigenvalue weighted by Crippen LogP contribution is -2.39. The first kappa shape index (κ1) is 19.0. The molecular formula is C16H27N3OS2. The Morgan fingerprint density at radius 1 is 1.18 bits per heavy atom. The summed E-state index contributed by atoms with van der Waals surface area (Å²) in [5.41, 5.74) is 1.12. The number of unbranched alkanes of at least 4 members (excludes halogenated alkanes) is 1. The Bertz CT molecular complexity index is 452. The van der Waals surface area contributed by atoms with E-state index in [1.807, 2.05) is 42.1 Å². The quantitative estimate of drug-likeness (QED) is 0.389. The SMILES string of the molecule is CN=C(NCCCCSC)NCCS(=O)Cc1ccccc1. The number of aliphatic imine (C=N–C) groups is 1. The van der Waals surface area contributed by atoms with Gasteiger partial charge < -0.3 is 10.6 Å². The van der Waals surface area contributed by atoms with Crippen LogP contribution in [0.15, 0.2) is 35.3 Å². The predicted octanol–water partition coefficient (Wildman–Crippen LogP) is 2.24.